The third kappa shape index (κ3) is 4.56. The highest BCUT2D eigenvalue weighted by atomic mass is 16.6. The van der Waals surface area contributed by atoms with Crippen molar-refractivity contribution in [1.82, 2.24) is 4.98 Å². The maximum Gasteiger partial charge on any atom is 0.276 e. The van der Waals surface area contributed by atoms with Gasteiger partial charge in [0.05, 0.1) is 28.2 Å². The summed E-state index contributed by atoms with van der Waals surface area (Å²) in [5.74, 6) is 0.801. The van der Waals surface area contributed by atoms with E-state index < -0.39 is 16.1 Å². The molecule has 1 heterocycles. The molecular weight excluding hydrogens is 272 g/mol. The topological polar surface area (TPSA) is 100 Å². The van der Waals surface area contributed by atoms with Crippen LogP contribution in [-0.4, -0.2) is 32.7 Å². The predicted molar refractivity (Wildman–Crippen MR) is 83.7 cm³/mol. The predicted octanol–water partition coefficient (Wildman–Crippen LogP) is 2.77. The molecule has 7 nitrogen and oxygen atoms in total. The summed E-state index contributed by atoms with van der Waals surface area (Å²) in [6.45, 7) is 9.66. The first kappa shape index (κ1) is 17.2. The molecule has 0 bridgehead atoms. The van der Waals surface area contributed by atoms with Crippen LogP contribution in [0.2, 0.25) is 0 Å². The molecule has 0 fully saturated rings. The van der Waals surface area contributed by atoms with Crippen molar-refractivity contribution in [3.05, 3.63) is 22.2 Å². The highest BCUT2D eigenvalue weighted by molar-refractivity contribution is 5.55. The number of anilines is 2. The normalized spacial score (nSPS) is 12.1. The highest BCUT2D eigenvalue weighted by Gasteiger charge is 2.35. The first-order valence-electron chi connectivity index (χ1n) is 6.97. The minimum absolute atomic E-state index is 0.0438. The average Bonchev–Trinajstić information content (AvgIpc) is 2.34. The third-order valence-corrected chi connectivity index (χ3v) is 3.55. The summed E-state index contributed by atoms with van der Waals surface area (Å²) >= 11 is 0. The van der Waals surface area contributed by atoms with Gasteiger partial charge in [-0.25, -0.2) is 4.98 Å². The number of nitrogens with one attached hydrogen (secondary N) is 2. The Balaban J connectivity index is 3.11. The first-order chi connectivity index (χ1) is 9.56. The van der Waals surface area contributed by atoms with Gasteiger partial charge in [0.2, 0.25) is 0 Å². The van der Waals surface area contributed by atoms with Crippen molar-refractivity contribution in [2.75, 3.05) is 17.2 Å². The Morgan fingerprint density at radius 1 is 1.29 bits per heavy atom. The molecule has 1 rings (SSSR count). The molecule has 7 heteroatoms. The molecule has 21 heavy (non-hydrogen) atoms. The van der Waals surface area contributed by atoms with E-state index in [0.29, 0.717) is 18.2 Å². The fourth-order valence-corrected chi connectivity index (χ4v) is 1.50. The molecule has 0 saturated heterocycles. The Hall–Kier alpha value is -1.89. The minimum Gasteiger partial charge on any atom is -0.388 e. The maximum absolute atomic E-state index is 11.0. The van der Waals surface area contributed by atoms with Gasteiger partial charge in [-0.1, -0.05) is 6.92 Å². The lowest BCUT2D eigenvalue weighted by Crippen LogP contribution is -2.51. The van der Waals surface area contributed by atoms with Gasteiger partial charge in [0.25, 0.3) is 5.69 Å². The zero-order valence-electron chi connectivity index (χ0n) is 13.2. The van der Waals surface area contributed by atoms with Crippen molar-refractivity contribution in [3.63, 3.8) is 0 Å². The van der Waals surface area contributed by atoms with Gasteiger partial charge in [-0.05, 0) is 34.1 Å². The number of hydrogen-bond donors (Lipinski definition) is 3. The van der Waals surface area contributed by atoms with Crippen LogP contribution in [0.3, 0.4) is 0 Å². The van der Waals surface area contributed by atoms with E-state index in [1.54, 1.807) is 13.8 Å². The lowest BCUT2D eigenvalue weighted by Gasteiger charge is -2.38. The quantitative estimate of drug-likeness (QED) is 0.528. The molecule has 0 aliphatic rings. The molecule has 0 atom stereocenters. The zero-order valence-corrected chi connectivity index (χ0v) is 13.2. The number of nitrogens with zero attached hydrogens (tertiary/aromatic N) is 2. The van der Waals surface area contributed by atoms with Crippen LogP contribution in [0.5, 0.6) is 0 Å². The first-order valence-corrected chi connectivity index (χ1v) is 6.97. The van der Waals surface area contributed by atoms with Crippen LogP contribution in [0.1, 0.15) is 41.0 Å². The van der Waals surface area contributed by atoms with E-state index in [1.165, 1.54) is 12.1 Å². The van der Waals surface area contributed by atoms with Gasteiger partial charge < -0.3 is 15.7 Å². The standard InChI is InChI=1S/C14H24N4O3/c1-6-7-15-11-8-10(18(20)21)9-12(16-11)17-13(2,3)14(4,5)19/h8-9,19H,6-7H2,1-5H3,(H2,15,16,17). The lowest BCUT2D eigenvalue weighted by atomic mass is 9.86. The number of aliphatic hydroxyl groups is 1. The Bertz CT molecular complexity index is 509. The van der Waals surface area contributed by atoms with Gasteiger partial charge in [0, 0.05) is 6.54 Å². The average molecular weight is 296 g/mol. The van der Waals surface area contributed by atoms with Crippen molar-refractivity contribution < 1.29 is 10.0 Å². The Labute approximate surface area is 124 Å². The van der Waals surface area contributed by atoms with Crippen LogP contribution in [0, 0.1) is 10.1 Å². The molecule has 0 spiro atoms. The summed E-state index contributed by atoms with van der Waals surface area (Å²) in [6, 6.07) is 2.77. The van der Waals surface area contributed by atoms with E-state index in [0.717, 1.165) is 6.42 Å². The smallest absolute Gasteiger partial charge is 0.276 e. The summed E-state index contributed by atoms with van der Waals surface area (Å²) in [5, 5.41) is 27.3. The van der Waals surface area contributed by atoms with E-state index >= 15 is 0 Å². The lowest BCUT2D eigenvalue weighted by molar-refractivity contribution is -0.384. The van der Waals surface area contributed by atoms with Crippen LogP contribution in [0.15, 0.2) is 12.1 Å². The number of rotatable bonds is 7. The fourth-order valence-electron chi connectivity index (χ4n) is 1.50. The molecule has 0 radical (unpaired) electrons. The second-order valence-electron chi connectivity index (χ2n) is 6.09. The SMILES string of the molecule is CCCNc1cc([N+](=O)[O-])cc(NC(C)(C)C(C)(C)O)n1. The Kier molecular flexibility index (Phi) is 5.11. The van der Waals surface area contributed by atoms with Crippen LogP contribution < -0.4 is 10.6 Å². The van der Waals surface area contributed by atoms with Crippen LogP contribution in [-0.2, 0) is 0 Å². The Morgan fingerprint density at radius 3 is 2.33 bits per heavy atom. The number of pyridine rings is 1. The van der Waals surface area contributed by atoms with Gasteiger partial charge in [-0.15, -0.1) is 0 Å². The second kappa shape index (κ2) is 6.26. The highest BCUT2D eigenvalue weighted by Crippen LogP contribution is 2.28. The van der Waals surface area contributed by atoms with Crippen molar-refractivity contribution in [1.29, 1.82) is 0 Å². The van der Waals surface area contributed by atoms with Crippen molar-refractivity contribution in [2.45, 2.75) is 52.2 Å². The molecule has 1 aromatic rings. The second-order valence-corrected chi connectivity index (χ2v) is 6.09. The summed E-state index contributed by atoms with van der Waals surface area (Å²) in [5.41, 5.74) is -1.76. The summed E-state index contributed by atoms with van der Waals surface area (Å²) in [6.07, 6.45) is 0.891. The molecule has 0 saturated carbocycles. The molecular formula is C14H24N4O3. The van der Waals surface area contributed by atoms with E-state index in [-0.39, 0.29) is 5.69 Å². The van der Waals surface area contributed by atoms with Gasteiger partial charge >= 0.3 is 0 Å². The van der Waals surface area contributed by atoms with Crippen molar-refractivity contribution in [2.24, 2.45) is 0 Å². The molecule has 3 N–H and O–H groups in total. The number of aromatic nitrogens is 1. The van der Waals surface area contributed by atoms with Crippen LogP contribution in [0.4, 0.5) is 17.3 Å². The van der Waals surface area contributed by atoms with Gasteiger partial charge in [0.1, 0.15) is 11.6 Å². The molecule has 0 aromatic carbocycles. The zero-order chi connectivity index (χ0) is 16.3. The largest absolute Gasteiger partial charge is 0.388 e. The van der Waals surface area contributed by atoms with Crippen LogP contribution in [0.25, 0.3) is 0 Å². The van der Waals surface area contributed by atoms with Gasteiger partial charge in [-0.2, -0.15) is 0 Å². The Morgan fingerprint density at radius 2 is 1.86 bits per heavy atom. The fraction of sp³-hybridized carbons (Fsp3) is 0.643. The van der Waals surface area contributed by atoms with Gasteiger partial charge in [-0.3, -0.25) is 10.1 Å². The molecule has 0 aliphatic carbocycles. The maximum atomic E-state index is 11.0. The van der Waals surface area contributed by atoms with E-state index in [4.69, 9.17) is 0 Å². The number of nitro groups is 1. The molecule has 0 unspecified atom stereocenters. The van der Waals surface area contributed by atoms with E-state index in [1.807, 2.05) is 20.8 Å². The molecule has 1 aromatic heterocycles. The molecule has 0 amide bonds. The monoisotopic (exact) mass is 296 g/mol. The van der Waals surface area contributed by atoms with Gasteiger partial charge in [0.15, 0.2) is 0 Å². The number of hydrogen-bond acceptors (Lipinski definition) is 6. The van der Waals surface area contributed by atoms with E-state index in [9.17, 15) is 15.2 Å². The summed E-state index contributed by atoms with van der Waals surface area (Å²) < 4.78 is 0. The van der Waals surface area contributed by atoms with Crippen LogP contribution >= 0.6 is 0 Å². The summed E-state index contributed by atoms with van der Waals surface area (Å²) in [4.78, 5) is 14.9. The molecule has 0 aliphatic heterocycles. The third-order valence-electron chi connectivity index (χ3n) is 3.55. The van der Waals surface area contributed by atoms with E-state index in [2.05, 4.69) is 15.6 Å². The van der Waals surface area contributed by atoms with Crippen molar-refractivity contribution >= 4 is 17.3 Å². The minimum atomic E-state index is -1.02. The molecule has 118 valence electrons. The summed E-state index contributed by atoms with van der Waals surface area (Å²) in [7, 11) is 0. The van der Waals surface area contributed by atoms with Crippen molar-refractivity contribution in [3.8, 4) is 0 Å².